The molecule has 0 unspecified atom stereocenters. The van der Waals surface area contributed by atoms with Crippen LogP contribution in [-0.4, -0.2) is 46.2 Å². The summed E-state index contributed by atoms with van der Waals surface area (Å²) in [5.74, 6) is -1.06. The SMILES string of the molecule is CC[C@H](N)C(=O)N[C@H]1CC[C@@](CCCCB(O)O)(C(=O)O)C1. The fourth-order valence-corrected chi connectivity index (χ4v) is 3.06. The van der Waals surface area contributed by atoms with Crippen molar-refractivity contribution < 1.29 is 24.7 Å². The number of aliphatic carboxylic acids is 1. The zero-order chi connectivity index (χ0) is 16.8. The van der Waals surface area contributed by atoms with Gasteiger partial charge in [0.05, 0.1) is 11.5 Å². The lowest BCUT2D eigenvalue weighted by molar-refractivity contribution is -0.149. The summed E-state index contributed by atoms with van der Waals surface area (Å²) in [7, 11) is -1.34. The minimum Gasteiger partial charge on any atom is -0.481 e. The van der Waals surface area contributed by atoms with Crippen LogP contribution < -0.4 is 11.1 Å². The molecule has 6 N–H and O–H groups in total. The van der Waals surface area contributed by atoms with Crippen molar-refractivity contribution in [3.05, 3.63) is 0 Å². The summed E-state index contributed by atoms with van der Waals surface area (Å²) in [6.45, 7) is 1.83. The monoisotopic (exact) mass is 314 g/mol. The molecule has 0 heterocycles. The molecule has 1 aliphatic rings. The molecule has 0 aromatic carbocycles. The number of rotatable bonds is 9. The van der Waals surface area contributed by atoms with Crippen LogP contribution in [0, 0.1) is 5.41 Å². The van der Waals surface area contributed by atoms with Gasteiger partial charge in [-0.3, -0.25) is 9.59 Å². The maximum atomic E-state index is 11.8. The number of carbonyl (C=O) groups excluding carboxylic acids is 1. The van der Waals surface area contributed by atoms with Crippen LogP contribution in [0.5, 0.6) is 0 Å². The van der Waals surface area contributed by atoms with Crippen LogP contribution in [-0.2, 0) is 9.59 Å². The Bertz CT molecular complexity index is 393. The first-order chi connectivity index (χ1) is 10.3. The molecule has 22 heavy (non-hydrogen) atoms. The molecule has 0 spiro atoms. The van der Waals surface area contributed by atoms with E-state index in [0.717, 1.165) is 0 Å². The van der Waals surface area contributed by atoms with E-state index in [-0.39, 0.29) is 18.3 Å². The van der Waals surface area contributed by atoms with E-state index in [4.69, 9.17) is 15.8 Å². The minimum atomic E-state index is -1.34. The summed E-state index contributed by atoms with van der Waals surface area (Å²) in [4.78, 5) is 23.4. The van der Waals surface area contributed by atoms with Gasteiger partial charge in [0.2, 0.25) is 5.91 Å². The third kappa shape index (κ3) is 5.26. The topological polar surface area (TPSA) is 133 Å². The molecule has 0 radical (unpaired) electrons. The number of nitrogens with one attached hydrogen (secondary N) is 1. The second kappa shape index (κ2) is 8.50. The first-order valence-corrected chi connectivity index (χ1v) is 7.96. The highest BCUT2D eigenvalue weighted by atomic mass is 16.4. The maximum Gasteiger partial charge on any atom is 0.451 e. The van der Waals surface area contributed by atoms with Gasteiger partial charge >= 0.3 is 13.1 Å². The molecule has 1 aliphatic carbocycles. The molecule has 0 saturated heterocycles. The Balaban J connectivity index is 2.52. The van der Waals surface area contributed by atoms with Crippen LogP contribution in [0.3, 0.4) is 0 Å². The molecule has 0 aromatic rings. The number of hydrogen-bond donors (Lipinski definition) is 5. The highest BCUT2D eigenvalue weighted by Crippen LogP contribution is 2.43. The van der Waals surface area contributed by atoms with E-state index in [1.807, 2.05) is 6.92 Å². The van der Waals surface area contributed by atoms with Crippen molar-refractivity contribution in [2.24, 2.45) is 11.1 Å². The van der Waals surface area contributed by atoms with E-state index in [2.05, 4.69) is 5.32 Å². The van der Waals surface area contributed by atoms with E-state index >= 15 is 0 Å². The van der Waals surface area contributed by atoms with Crippen LogP contribution in [0.2, 0.25) is 6.32 Å². The zero-order valence-corrected chi connectivity index (χ0v) is 13.1. The summed E-state index contributed by atoms with van der Waals surface area (Å²) in [5, 5.41) is 30.0. The minimum absolute atomic E-state index is 0.148. The predicted molar refractivity (Wildman–Crippen MR) is 83.0 cm³/mol. The van der Waals surface area contributed by atoms with Gasteiger partial charge in [0, 0.05) is 6.04 Å². The van der Waals surface area contributed by atoms with Gasteiger partial charge in [-0.05, 0) is 38.4 Å². The molecule has 3 atom stereocenters. The Morgan fingerprint density at radius 3 is 2.64 bits per heavy atom. The normalized spacial score (nSPS) is 25.7. The lowest BCUT2D eigenvalue weighted by Gasteiger charge is -2.25. The van der Waals surface area contributed by atoms with E-state index in [1.165, 1.54) is 0 Å². The molecular formula is C14H27BN2O5. The van der Waals surface area contributed by atoms with Crippen LogP contribution in [0.25, 0.3) is 0 Å². The highest BCUT2D eigenvalue weighted by molar-refractivity contribution is 6.40. The predicted octanol–water partition coefficient (Wildman–Crippen LogP) is 0.106. The molecule has 126 valence electrons. The van der Waals surface area contributed by atoms with Gasteiger partial charge in [-0.15, -0.1) is 0 Å². The molecule has 1 saturated carbocycles. The van der Waals surface area contributed by atoms with Crippen LogP contribution in [0.1, 0.15) is 51.9 Å². The zero-order valence-electron chi connectivity index (χ0n) is 13.1. The Morgan fingerprint density at radius 1 is 1.41 bits per heavy atom. The Labute approximate surface area is 131 Å². The van der Waals surface area contributed by atoms with Gasteiger partial charge in [0.1, 0.15) is 0 Å². The Hall–Kier alpha value is -1.12. The molecule has 1 rings (SSSR count). The molecule has 8 heteroatoms. The lowest BCUT2D eigenvalue weighted by Crippen LogP contribution is -2.45. The number of carboxylic acids is 1. The molecule has 1 amide bonds. The molecular weight excluding hydrogens is 287 g/mol. The van der Waals surface area contributed by atoms with Crippen molar-refractivity contribution in [3.8, 4) is 0 Å². The van der Waals surface area contributed by atoms with Crippen LogP contribution >= 0.6 is 0 Å². The van der Waals surface area contributed by atoms with Crippen LogP contribution in [0.15, 0.2) is 0 Å². The molecule has 0 bridgehead atoms. The first-order valence-electron chi connectivity index (χ1n) is 7.96. The fourth-order valence-electron chi connectivity index (χ4n) is 3.06. The standard InChI is InChI=1S/C14H27BN2O5/c1-2-11(16)12(18)17-10-5-7-14(9-10,13(19)20)6-3-4-8-15(21)22/h10-11,21-22H,2-9,16H2,1H3,(H,17,18)(H,19,20)/t10-,11-,14+/m0/s1. The molecule has 0 aliphatic heterocycles. The first kappa shape index (κ1) is 18.9. The summed E-state index contributed by atoms with van der Waals surface area (Å²) in [5.41, 5.74) is 4.85. The van der Waals surface area contributed by atoms with E-state index < -0.39 is 24.5 Å². The fraction of sp³-hybridized carbons (Fsp3) is 0.857. The molecule has 1 fully saturated rings. The smallest absolute Gasteiger partial charge is 0.451 e. The van der Waals surface area contributed by atoms with Gasteiger partial charge in [-0.1, -0.05) is 19.8 Å². The Kier molecular flexibility index (Phi) is 7.31. The summed E-state index contributed by atoms with van der Waals surface area (Å²) in [6.07, 6.45) is 4.05. The Morgan fingerprint density at radius 2 is 2.09 bits per heavy atom. The third-order valence-electron chi connectivity index (χ3n) is 4.55. The summed E-state index contributed by atoms with van der Waals surface area (Å²) >= 11 is 0. The molecule has 0 aromatic heterocycles. The van der Waals surface area contributed by atoms with Crippen molar-refractivity contribution in [2.75, 3.05) is 0 Å². The third-order valence-corrected chi connectivity index (χ3v) is 4.55. The average molecular weight is 314 g/mol. The quantitative estimate of drug-likeness (QED) is 0.303. The van der Waals surface area contributed by atoms with Crippen LogP contribution in [0.4, 0.5) is 0 Å². The molecule has 7 nitrogen and oxygen atoms in total. The van der Waals surface area contributed by atoms with E-state index in [1.54, 1.807) is 0 Å². The number of nitrogens with two attached hydrogens (primary N) is 1. The maximum absolute atomic E-state index is 11.8. The van der Waals surface area contributed by atoms with Gasteiger partial charge in [0.15, 0.2) is 0 Å². The summed E-state index contributed by atoms with van der Waals surface area (Å²) in [6, 6.07) is -0.699. The number of unbranched alkanes of at least 4 members (excludes halogenated alkanes) is 1. The van der Waals surface area contributed by atoms with E-state index in [9.17, 15) is 14.7 Å². The van der Waals surface area contributed by atoms with Crippen molar-refractivity contribution >= 4 is 19.0 Å². The highest BCUT2D eigenvalue weighted by Gasteiger charge is 2.45. The van der Waals surface area contributed by atoms with Gasteiger partial charge in [0.25, 0.3) is 0 Å². The lowest BCUT2D eigenvalue weighted by atomic mass is 9.78. The van der Waals surface area contributed by atoms with Crippen molar-refractivity contribution in [3.63, 3.8) is 0 Å². The second-order valence-corrected chi connectivity index (χ2v) is 6.27. The van der Waals surface area contributed by atoms with Crippen molar-refractivity contribution in [2.45, 2.75) is 70.3 Å². The second-order valence-electron chi connectivity index (χ2n) is 6.27. The van der Waals surface area contributed by atoms with Gasteiger partial charge in [-0.2, -0.15) is 0 Å². The van der Waals surface area contributed by atoms with E-state index in [0.29, 0.717) is 44.9 Å². The number of carbonyl (C=O) groups is 2. The van der Waals surface area contributed by atoms with Crippen molar-refractivity contribution in [1.29, 1.82) is 0 Å². The summed E-state index contributed by atoms with van der Waals surface area (Å²) < 4.78 is 0. The van der Waals surface area contributed by atoms with Gasteiger partial charge < -0.3 is 26.2 Å². The number of amides is 1. The largest absolute Gasteiger partial charge is 0.481 e. The number of hydrogen-bond acceptors (Lipinski definition) is 5. The van der Waals surface area contributed by atoms with Gasteiger partial charge in [-0.25, -0.2) is 0 Å². The van der Waals surface area contributed by atoms with Crippen molar-refractivity contribution in [1.82, 2.24) is 5.32 Å². The number of carboxylic acid groups (broad SMARTS) is 1. The average Bonchev–Trinajstić information content (AvgIpc) is 2.87.